The summed E-state index contributed by atoms with van der Waals surface area (Å²) in [6.45, 7) is 3.14. The maximum atomic E-state index is 12.6. The second kappa shape index (κ2) is 7.34. The van der Waals surface area contributed by atoms with Gasteiger partial charge in [0.15, 0.2) is 0 Å². The van der Waals surface area contributed by atoms with E-state index in [1.807, 2.05) is 24.3 Å². The van der Waals surface area contributed by atoms with Gasteiger partial charge in [-0.2, -0.15) is 0 Å². The van der Waals surface area contributed by atoms with Crippen molar-refractivity contribution in [1.29, 1.82) is 0 Å². The summed E-state index contributed by atoms with van der Waals surface area (Å²) >= 11 is 0. The Morgan fingerprint density at radius 3 is 2.68 bits per heavy atom. The Bertz CT molecular complexity index is 787. The van der Waals surface area contributed by atoms with Crippen LogP contribution in [0.5, 0.6) is 5.75 Å². The Labute approximate surface area is 146 Å². The molecule has 2 amide bonds. The summed E-state index contributed by atoms with van der Waals surface area (Å²) in [5.74, 6) is 0.683. The number of amides is 2. The van der Waals surface area contributed by atoms with Crippen LogP contribution in [0, 0.1) is 0 Å². The second-order valence-corrected chi connectivity index (χ2v) is 6.05. The molecule has 0 aliphatic carbocycles. The van der Waals surface area contributed by atoms with E-state index in [1.54, 1.807) is 31.3 Å². The van der Waals surface area contributed by atoms with Crippen LogP contribution < -0.4 is 10.1 Å². The summed E-state index contributed by atoms with van der Waals surface area (Å²) in [4.78, 5) is 30.1. The number of fused-ring (bicyclic) bond motifs is 1. The molecule has 6 heteroatoms. The first kappa shape index (κ1) is 17.0. The van der Waals surface area contributed by atoms with Gasteiger partial charge < -0.3 is 15.0 Å². The molecule has 0 atom stereocenters. The van der Waals surface area contributed by atoms with Gasteiger partial charge in [0, 0.05) is 39.0 Å². The van der Waals surface area contributed by atoms with E-state index in [-0.39, 0.29) is 11.8 Å². The molecule has 0 saturated carbocycles. The van der Waals surface area contributed by atoms with E-state index in [0.29, 0.717) is 31.6 Å². The zero-order valence-corrected chi connectivity index (χ0v) is 14.4. The zero-order chi connectivity index (χ0) is 17.8. The molecule has 0 bridgehead atoms. The van der Waals surface area contributed by atoms with Crippen molar-refractivity contribution in [3.63, 3.8) is 0 Å². The molecule has 1 aliphatic rings. The molecule has 0 fully saturated rings. The number of carbonyl (C=O) groups is 2. The predicted octanol–water partition coefficient (Wildman–Crippen LogP) is 1.92. The fourth-order valence-corrected chi connectivity index (χ4v) is 2.98. The Kier molecular flexibility index (Phi) is 4.97. The van der Waals surface area contributed by atoms with Crippen molar-refractivity contribution in [3.8, 4) is 5.75 Å². The number of benzene rings is 1. The molecule has 3 rings (SSSR count). The van der Waals surface area contributed by atoms with E-state index in [0.717, 1.165) is 22.4 Å². The van der Waals surface area contributed by atoms with Gasteiger partial charge in [-0.25, -0.2) is 0 Å². The molecule has 0 unspecified atom stereocenters. The average molecular weight is 339 g/mol. The van der Waals surface area contributed by atoms with E-state index in [1.165, 1.54) is 0 Å². The van der Waals surface area contributed by atoms with Crippen molar-refractivity contribution in [2.24, 2.45) is 0 Å². The van der Waals surface area contributed by atoms with Gasteiger partial charge >= 0.3 is 0 Å². The normalized spacial score (nSPS) is 13.1. The number of methoxy groups -OCH3 is 1. The fraction of sp³-hybridized carbons (Fsp3) is 0.316. The molecule has 1 aromatic carbocycles. The monoisotopic (exact) mass is 339 g/mol. The Morgan fingerprint density at radius 2 is 2.00 bits per heavy atom. The van der Waals surface area contributed by atoms with Crippen molar-refractivity contribution in [2.75, 3.05) is 13.7 Å². The predicted molar refractivity (Wildman–Crippen MR) is 93.2 cm³/mol. The van der Waals surface area contributed by atoms with Gasteiger partial charge in [0.25, 0.3) is 5.91 Å². The van der Waals surface area contributed by atoms with Crippen LogP contribution in [0.4, 0.5) is 0 Å². The molecule has 1 aliphatic heterocycles. The molecule has 0 spiro atoms. The first-order valence-electron chi connectivity index (χ1n) is 8.21. The molecular weight excluding hydrogens is 318 g/mol. The smallest absolute Gasteiger partial charge is 0.253 e. The molecule has 1 N–H and O–H groups in total. The van der Waals surface area contributed by atoms with Crippen molar-refractivity contribution < 1.29 is 14.3 Å². The van der Waals surface area contributed by atoms with E-state index in [9.17, 15) is 9.59 Å². The third kappa shape index (κ3) is 3.79. The molecule has 2 aromatic rings. The maximum Gasteiger partial charge on any atom is 0.253 e. The lowest BCUT2D eigenvalue weighted by molar-refractivity contribution is -0.129. The van der Waals surface area contributed by atoms with E-state index >= 15 is 0 Å². The van der Waals surface area contributed by atoms with Crippen molar-refractivity contribution in [1.82, 2.24) is 15.2 Å². The van der Waals surface area contributed by atoms with Crippen LogP contribution >= 0.6 is 0 Å². The van der Waals surface area contributed by atoms with Crippen molar-refractivity contribution in [3.05, 3.63) is 58.9 Å². The standard InChI is InChI=1S/C19H21N3O3/c1-13(23)22-8-7-17-15(12-22)10-20-11-18(17)19(24)21-9-14-3-5-16(25-2)6-4-14/h3-6,10-11H,7-9,12H2,1-2H3,(H,21,24). The quantitative estimate of drug-likeness (QED) is 0.924. The maximum absolute atomic E-state index is 12.6. The van der Waals surface area contributed by atoms with Crippen LogP contribution in [-0.4, -0.2) is 35.4 Å². The van der Waals surface area contributed by atoms with Crippen molar-refractivity contribution >= 4 is 11.8 Å². The second-order valence-electron chi connectivity index (χ2n) is 6.05. The van der Waals surface area contributed by atoms with Crippen LogP contribution in [0.15, 0.2) is 36.7 Å². The third-order valence-corrected chi connectivity index (χ3v) is 4.44. The largest absolute Gasteiger partial charge is 0.497 e. The van der Waals surface area contributed by atoms with E-state index < -0.39 is 0 Å². The molecule has 6 nitrogen and oxygen atoms in total. The zero-order valence-electron chi connectivity index (χ0n) is 14.4. The number of hydrogen-bond donors (Lipinski definition) is 1. The SMILES string of the molecule is COc1ccc(CNC(=O)c2cncc3c2CCN(C(C)=O)C3)cc1. The van der Waals surface area contributed by atoms with Gasteiger partial charge in [0.2, 0.25) is 5.91 Å². The summed E-state index contributed by atoms with van der Waals surface area (Å²) in [5.41, 5.74) is 3.52. The number of pyridine rings is 1. The minimum atomic E-state index is -0.142. The van der Waals surface area contributed by atoms with Crippen molar-refractivity contribution in [2.45, 2.75) is 26.4 Å². The number of hydrogen-bond acceptors (Lipinski definition) is 4. The van der Waals surface area contributed by atoms with Crippen LogP contribution in [0.1, 0.15) is 34.0 Å². The summed E-state index contributed by atoms with van der Waals surface area (Å²) in [6, 6.07) is 7.57. The summed E-state index contributed by atoms with van der Waals surface area (Å²) in [6.07, 6.45) is 4.01. The summed E-state index contributed by atoms with van der Waals surface area (Å²) < 4.78 is 5.13. The highest BCUT2D eigenvalue weighted by Gasteiger charge is 2.23. The molecule has 0 radical (unpaired) electrons. The minimum absolute atomic E-state index is 0.0417. The first-order chi connectivity index (χ1) is 12.1. The molecule has 25 heavy (non-hydrogen) atoms. The lowest BCUT2D eigenvalue weighted by Crippen LogP contribution is -2.36. The Balaban J connectivity index is 1.70. The van der Waals surface area contributed by atoms with Gasteiger partial charge in [-0.05, 0) is 35.2 Å². The molecular formula is C19H21N3O3. The molecule has 130 valence electrons. The van der Waals surface area contributed by atoms with Crippen LogP contribution in [-0.2, 0) is 24.3 Å². The molecule has 1 aromatic heterocycles. The highest BCUT2D eigenvalue weighted by Crippen LogP contribution is 2.22. The number of ether oxygens (including phenoxy) is 1. The Hall–Kier alpha value is -2.89. The van der Waals surface area contributed by atoms with Crippen LogP contribution in [0.2, 0.25) is 0 Å². The number of rotatable bonds is 4. The van der Waals surface area contributed by atoms with Gasteiger partial charge in [0.05, 0.1) is 12.7 Å². The summed E-state index contributed by atoms with van der Waals surface area (Å²) in [7, 11) is 1.62. The lowest BCUT2D eigenvalue weighted by atomic mass is 9.96. The van der Waals surface area contributed by atoms with Gasteiger partial charge in [0.1, 0.15) is 5.75 Å². The van der Waals surface area contributed by atoms with Gasteiger partial charge in [-0.3, -0.25) is 14.6 Å². The first-order valence-corrected chi connectivity index (χ1v) is 8.21. The number of carbonyl (C=O) groups excluding carboxylic acids is 2. The highest BCUT2D eigenvalue weighted by atomic mass is 16.5. The Morgan fingerprint density at radius 1 is 1.24 bits per heavy atom. The van der Waals surface area contributed by atoms with Gasteiger partial charge in [-0.15, -0.1) is 0 Å². The topological polar surface area (TPSA) is 71.5 Å². The van der Waals surface area contributed by atoms with Crippen LogP contribution in [0.3, 0.4) is 0 Å². The number of aromatic nitrogens is 1. The number of nitrogens with one attached hydrogen (secondary N) is 1. The number of nitrogens with zero attached hydrogens (tertiary/aromatic N) is 2. The third-order valence-electron chi connectivity index (χ3n) is 4.44. The minimum Gasteiger partial charge on any atom is -0.497 e. The average Bonchev–Trinajstić information content (AvgIpc) is 2.65. The van der Waals surface area contributed by atoms with Crippen LogP contribution in [0.25, 0.3) is 0 Å². The molecule has 2 heterocycles. The molecule has 0 saturated heterocycles. The fourth-order valence-electron chi connectivity index (χ4n) is 2.98. The van der Waals surface area contributed by atoms with E-state index in [2.05, 4.69) is 10.3 Å². The summed E-state index contributed by atoms with van der Waals surface area (Å²) in [5, 5.41) is 2.94. The van der Waals surface area contributed by atoms with E-state index in [4.69, 9.17) is 4.74 Å². The lowest BCUT2D eigenvalue weighted by Gasteiger charge is -2.28. The van der Waals surface area contributed by atoms with Gasteiger partial charge in [-0.1, -0.05) is 12.1 Å². The highest BCUT2D eigenvalue weighted by molar-refractivity contribution is 5.95.